The van der Waals surface area contributed by atoms with Crippen LogP contribution >= 0.6 is 0 Å². The van der Waals surface area contributed by atoms with Crippen molar-refractivity contribution in [2.45, 2.75) is 38.3 Å². The molecule has 0 unspecified atom stereocenters. The molecule has 0 aliphatic rings. The Hall–Kier alpha value is -4.72. The number of carbonyl (C=O) groups is 4. The normalized spacial score (nSPS) is 12.9. The van der Waals surface area contributed by atoms with Gasteiger partial charge in [-0.15, -0.1) is 0 Å². The Morgan fingerprint density at radius 3 is 1.97 bits per heavy atom. The van der Waals surface area contributed by atoms with Crippen molar-refractivity contribution in [1.29, 1.82) is 0 Å². The Morgan fingerprint density at radius 2 is 1.47 bits per heavy atom. The third-order valence-corrected chi connectivity index (χ3v) is 6.03. The summed E-state index contributed by atoms with van der Waals surface area (Å²) in [5.74, 6) is -3.15. The SMILES string of the molecule is C=C(C(=O)[C@]([C]=O)(Cc1ccccc1)N(C(C)=O)C(=O)[C@H](Cc1ccccc1)NC(C)=O)c1ccncc1. The van der Waals surface area contributed by atoms with Gasteiger partial charge in [-0.25, -0.2) is 0 Å². The topological polar surface area (TPSA) is 114 Å². The highest BCUT2D eigenvalue weighted by Crippen LogP contribution is 2.29. The molecule has 38 heavy (non-hydrogen) atoms. The number of nitrogens with one attached hydrogen (secondary N) is 1. The first-order valence-electron chi connectivity index (χ1n) is 11.9. The highest BCUT2D eigenvalue weighted by atomic mass is 16.2. The van der Waals surface area contributed by atoms with Crippen molar-refractivity contribution in [3.63, 3.8) is 0 Å². The molecule has 0 fully saturated rings. The predicted molar refractivity (Wildman–Crippen MR) is 142 cm³/mol. The maximum absolute atomic E-state index is 14.0. The van der Waals surface area contributed by atoms with Crippen LogP contribution in [0.2, 0.25) is 0 Å². The number of benzene rings is 2. The van der Waals surface area contributed by atoms with Crippen molar-refractivity contribution in [3.05, 3.63) is 108 Å². The van der Waals surface area contributed by atoms with E-state index in [1.54, 1.807) is 66.9 Å². The van der Waals surface area contributed by atoms with E-state index in [-0.39, 0.29) is 18.4 Å². The first-order chi connectivity index (χ1) is 18.2. The smallest absolute Gasteiger partial charge is 0.253 e. The zero-order chi connectivity index (χ0) is 27.7. The van der Waals surface area contributed by atoms with Gasteiger partial charge in [0.15, 0.2) is 11.3 Å². The van der Waals surface area contributed by atoms with E-state index in [9.17, 15) is 24.0 Å². The van der Waals surface area contributed by atoms with Gasteiger partial charge in [-0.3, -0.25) is 33.9 Å². The summed E-state index contributed by atoms with van der Waals surface area (Å²) in [6.07, 6.45) is 4.36. The number of hydrogen-bond donors (Lipinski definition) is 1. The molecule has 0 bridgehead atoms. The van der Waals surface area contributed by atoms with Crippen molar-refractivity contribution in [2.75, 3.05) is 0 Å². The summed E-state index contributed by atoms with van der Waals surface area (Å²) < 4.78 is 0. The second kappa shape index (κ2) is 12.5. The molecule has 0 saturated carbocycles. The molecule has 8 heteroatoms. The number of nitrogens with zero attached hydrogens (tertiary/aromatic N) is 2. The lowest BCUT2D eigenvalue weighted by molar-refractivity contribution is -0.154. The van der Waals surface area contributed by atoms with Crippen molar-refractivity contribution in [1.82, 2.24) is 15.2 Å². The van der Waals surface area contributed by atoms with Crippen LogP contribution in [-0.4, -0.2) is 51.3 Å². The average molecular weight is 511 g/mol. The Labute approximate surface area is 221 Å². The van der Waals surface area contributed by atoms with Gasteiger partial charge in [-0.05, 0) is 28.8 Å². The number of Topliss-reactive ketones (excluding diaryl/α,β-unsaturated/α-hetero) is 1. The molecule has 1 radical (unpaired) electrons. The van der Waals surface area contributed by atoms with Crippen molar-refractivity contribution >= 4 is 35.4 Å². The van der Waals surface area contributed by atoms with Gasteiger partial charge < -0.3 is 5.32 Å². The van der Waals surface area contributed by atoms with Crippen LogP contribution in [-0.2, 0) is 36.8 Å². The highest BCUT2D eigenvalue weighted by Gasteiger charge is 2.51. The number of hydrogen-bond acceptors (Lipinski definition) is 6. The molecule has 0 aliphatic carbocycles. The predicted octanol–water partition coefficient (Wildman–Crippen LogP) is 2.88. The lowest BCUT2D eigenvalue weighted by Crippen LogP contribution is -2.65. The van der Waals surface area contributed by atoms with Gasteiger partial charge in [0.2, 0.25) is 18.1 Å². The van der Waals surface area contributed by atoms with Gasteiger partial charge in [-0.2, -0.15) is 0 Å². The van der Waals surface area contributed by atoms with E-state index in [4.69, 9.17) is 0 Å². The first kappa shape index (κ1) is 27.9. The van der Waals surface area contributed by atoms with Crippen molar-refractivity contribution in [3.8, 4) is 0 Å². The molecule has 2 aromatic carbocycles. The molecule has 8 nitrogen and oxygen atoms in total. The quantitative estimate of drug-likeness (QED) is 0.314. The van der Waals surface area contributed by atoms with Gasteiger partial charge >= 0.3 is 0 Å². The summed E-state index contributed by atoms with van der Waals surface area (Å²) in [5.41, 5.74) is -0.872. The minimum Gasteiger partial charge on any atom is -0.344 e. The van der Waals surface area contributed by atoms with E-state index in [2.05, 4.69) is 16.9 Å². The maximum Gasteiger partial charge on any atom is 0.253 e. The fourth-order valence-electron chi connectivity index (χ4n) is 4.28. The molecule has 0 spiro atoms. The third kappa shape index (κ3) is 6.34. The van der Waals surface area contributed by atoms with Crippen molar-refractivity contribution in [2.24, 2.45) is 0 Å². The van der Waals surface area contributed by atoms with Gasteiger partial charge in [0.25, 0.3) is 5.91 Å². The molecule has 1 N–H and O–H groups in total. The monoisotopic (exact) mass is 510 g/mol. The Morgan fingerprint density at radius 1 is 0.921 bits per heavy atom. The molecule has 2 atom stereocenters. The molecule has 3 rings (SSSR count). The summed E-state index contributed by atoms with van der Waals surface area (Å²) in [5, 5.41) is 2.57. The number of imide groups is 1. The molecule has 3 amide bonds. The fraction of sp³-hybridized carbons (Fsp3) is 0.200. The van der Waals surface area contributed by atoms with E-state index >= 15 is 0 Å². The summed E-state index contributed by atoms with van der Waals surface area (Å²) in [4.78, 5) is 70.6. The molecule has 3 aromatic rings. The van der Waals surface area contributed by atoms with E-state index < -0.39 is 35.1 Å². The molecular formula is C30H28N3O5. The average Bonchev–Trinajstić information content (AvgIpc) is 2.92. The Bertz CT molecular complexity index is 1330. The third-order valence-electron chi connectivity index (χ3n) is 6.03. The summed E-state index contributed by atoms with van der Waals surface area (Å²) in [6.45, 7) is 6.19. The number of carbonyl (C=O) groups excluding carboxylic acids is 5. The summed E-state index contributed by atoms with van der Waals surface area (Å²) >= 11 is 0. The van der Waals surface area contributed by atoms with Gasteiger partial charge in [0, 0.05) is 44.7 Å². The fourth-order valence-corrected chi connectivity index (χ4v) is 4.28. The Balaban J connectivity index is 2.15. The van der Waals surface area contributed by atoms with E-state index in [0.717, 1.165) is 6.92 Å². The van der Waals surface area contributed by atoms with Gasteiger partial charge in [0.1, 0.15) is 6.04 Å². The van der Waals surface area contributed by atoms with Crippen LogP contribution < -0.4 is 5.32 Å². The number of pyridine rings is 1. The van der Waals surface area contributed by atoms with Gasteiger partial charge in [-0.1, -0.05) is 67.2 Å². The molecule has 1 aromatic heterocycles. The molecular weight excluding hydrogens is 482 g/mol. The number of aromatic nitrogens is 1. The zero-order valence-electron chi connectivity index (χ0n) is 21.2. The number of rotatable bonds is 11. The second-order valence-corrected chi connectivity index (χ2v) is 8.80. The van der Waals surface area contributed by atoms with Crippen LogP contribution in [0.5, 0.6) is 0 Å². The van der Waals surface area contributed by atoms with Crippen LogP contribution in [0.15, 0.2) is 91.8 Å². The van der Waals surface area contributed by atoms with Crippen molar-refractivity contribution < 1.29 is 24.0 Å². The van der Waals surface area contributed by atoms with Gasteiger partial charge in [0.05, 0.1) is 0 Å². The van der Waals surface area contributed by atoms with Crippen LogP contribution in [0.3, 0.4) is 0 Å². The lowest BCUT2D eigenvalue weighted by atomic mass is 9.80. The van der Waals surface area contributed by atoms with E-state index in [0.29, 0.717) is 21.6 Å². The largest absolute Gasteiger partial charge is 0.344 e. The molecule has 193 valence electrons. The van der Waals surface area contributed by atoms with Crippen LogP contribution in [0.4, 0.5) is 0 Å². The summed E-state index contributed by atoms with van der Waals surface area (Å²) in [6, 6.07) is 19.2. The Kier molecular flexibility index (Phi) is 9.16. The van der Waals surface area contributed by atoms with Crippen LogP contribution in [0, 0.1) is 0 Å². The minimum absolute atomic E-state index is 0.0306. The number of ketones is 1. The zero-order valence-corrected chi connectivity index (χ0v) is 21.2. The number of amides is 3. The van der Waals surface area contributed by atoms with Crippen LogP contribution in [0.25, 0.3) is 5.57 Å². The standard InChI is InChI=1S/C30H28N3O5/c1-21(26-14-16-31-17-15-26)28(37)30(20-34,19-25-12-8-5-9-13-25)33(23(3)36)29(38)27(32-22(2)35)18-24-10-6-4-7-11-24/h4-17,27H,1,18-19H2,2-3H3,(H,32,35)/t27-,30+/m0/s1. The van der Waals surface area contributed by atoms with E-state index in [1.165, 1.54) is 31.5 Å². The highest BCUT2D eigenvalue weighted by molar-refractivity contribution is 6.31. The minimum atomic E-state index is -2.38. The van der Waals surface area contributed by atoms with Crippen LogP contribution in [0.1, 0.15) is 30.5 Å². The van der Waals surface area contributed by atoms with E-state index in [1.807, 2.05) is 0 Å². The maximum atomic E-state index is 14.0. The summed E-state index contributed by atoms with van der Waals surface area (Å²) in [7, 11) is 0. The molecule has 1 heterocycles. The molecule has 0 saturated heterocycles. The molecule has 0 aliphatic heterocycles. The second-order valence-electron chi connectivity index (χ2n) is 8.80. The lowest BCUT2D eigenvalue weighted by Gasteiger charge is -2.38. The first-order valence-corrected chi connectivity index (χ1v) is 11.9.